The molecular weight excluding hydrogens is 280 g/mol. The first-order valence-electron chi connectivity index (χ1n) is 5.35. The van der Waals surface area contributed by atoms with Gasteiger partial charge >= 0.3 is 0 Å². The zero-order valence-corrected chi connectivity index (χ0v) is 12.8. The molecule has 1 heterocycles. The van der Waals surface area contributed by atoms with Gasteiger partial charge in [-0.15, -0.1) is 0 Å². The van der Waals surface area contributed by atoms with Gasteiger partial charge in [-0.2, -0.15) is 0 Å². The summed E-state index contributed by atoms with van der Waals surface area (Å²) in [6, 6.07) is 0. The van der Waals surface area contributed by atoms with Crippen molar-refractivity contribution in [2.45, 2.75) is 50.3 Å². The van der Waals surface area contributed by atoms with Crippen molar-refractivity contribution in [2.24, 2.45) is 0 Å². The van der Waals surface area contributed by atoms with Crippen LogP contribution in [0.4, 0.5) is 0 Å². The summed E-state index contributed by atoms with van der Waals surface area (Å²) >= 11 is 6.70. The van der Waals surface area contributed by atoms with Crippen LogP contribution in [0.1, 0.15) is 39.3 Å². The van der Waals surface area contributed by atoms with Crippen LogP contribution in [0.2, 0.25) is 4.47 Å². The molecule has 0 aromatic carbocycles. The van der Waals surface area contributed by atoms with E-state index in [0.29, 0.717) is 5.69 Å². The molecule has 1 aromatic rings. The van der Waals surface area contributed by atoms with Gasteiger partial charge in [-0.3, -0.25) is 0 Å². The fourth-order valence-electron chi connectivity index (χ4n) is 1.69. The Morgan fingerprint density at radius 1 is 1.47 bits per heavy atom. The molecule has 0 spiro atoms. The zero-order chi connectivity index (χ0) is 13.3. The minimum absolute atomic E-state index is 0.201. The second-order valence-electron chi connectivity index (χ2n) is 4.58. The topological polar surface area (TPSA) is 59.1 Å². The summed E-state index contributed by atoms with van der Waals surface area (Å²) in [6.07, 6.45) is 1.69. The number of sulfonamides is 1. The first kappa shape index (κ1) is 14.9. The molecule has 0 atom stereocenters. The van der Waals surface area contributed by atoms with Crippen molar-refractivity contribution in [1.29, 1.82) is 0 Å². The standard InChI is InChI=1S/C10H17ClN2O2S2/c1-5-6-10(3,4)13-17(14,15)8-7(2)12-9(11)16-8/h13H,5-6H2,1-4H3. The first-order chi connectivity index (χ1) is 7.68. The number of aromatic nitrogens is 1. The van der Waals surface area contributed by atoms with Crippen molar-refractivity contribution in [3.05, 3.63) is 10.2 Å². The summed E-state index contributed by atoms with van der Waals surface area (Å²) in [5.41, 5.74) is -0.0176. The Hall–Kier alpha value is -0.170. The molecule has 0 aliphatic heterocycles. The Bertz CT molecular complexity index is 494. The number of rotatable bonds is 5. The Balaban J connectivity index is 3.01. The molecule has 0 amide bonds. The van der Waals surface area contributed by atoms with Crippen LogP contribution in [0.25, 0.3) is 0 Å². The van der Waals surface area contributed by atoms with E-state index in [9.17, 15) is 8.42 Å². The van der Waals surface area contributed by atoms with Gasteiger partial charge in [0.25, 0.3) is 10.0 Å². The summed E-state index contributed by atoms with van der Waals surface area (Å²) in [5, 5.41) is 0. The second-order valence-corrected chi connectivity index (χ2v) is 8.04. The number of halogens is 1. The number of hydrogen-bond acceptors (Lipinski definition) is 4. The van der Waals surface area contributed by atoms with E-state index in [0.717, 1.165) is 24.2 Å². The van der Waals surface area contributed by atoms with Crippen LogP contribution in [0.3, 0.4) is 0 Å². The number of nitrogens with zero attached hydrogens (tertiary/aromatic N) is 1. The molecule has 7 heteroatoms. The maximum absolute atomic E-state index is 12.2. The van der Waals surface area contributed by atoms with E-state index in [1.54, 1.807) is 6.92 Å². The van der Waals surface area contributed by atoms with Crippen molar-refractivity contribution in [2.75, 3.05) is 0 Å². The van der Waals surface area contributed by atoms with Crippen LogP contribution in [0.5, 0.6) is 0 Å². The summed E-state index contributed by atoms with van der Waals surface area (Å²) < 4.78 is 27.4. The predicted octanol–water partition coefficient (Wildman–Crippen LogP) is 2.96. The van der Waals surface area contributed by atoms with E-state index in [4.69, 9.17) is 11.6 Å². The lowest BCUT2D eigenvalue weighted by Gasteiger charge is -2.24. The van der Waals surface area contributed by atoms with Gasteiger partial charge in [0.1, 0.15) is 0 Å². The van der Waals surface area contributed by atoms with Gasteiger partial charge in [0.15, 0.2) is 8.68 Å². The van der Waals surface area contributed by atoms with Gasteiger partial charge in [0.2, 0.25) is 0 Å². The highest BCUT2D eigenvalue weighted by molar-refractivity contribution is 7.91. The molecule has 0 saturated carbocycles. The molecule has 0 aliphatic rings. The lowest BCUT2D eigenvalue weighted by Crippen LogP contribution is -2.43. The Labute approximate surface area is 111 Å². The number of hydrogen-bond donors (Lipinski definition) is 1. The van der Waals surface area contributed by atoms with Gasteiger partial charge in [0.05, 0.1) is 5.69 Å². The van der Waals surface area contributed by atoms with E-state index in [1.807, 2.05) is 20.8 Å². The predicted molar refractivity (Wildman–Crippen MR) is 71.2 cm³/mol. The van der Waals surface area contributed by atoms with Crippen molar-refractivity contribution in [3.63, 3.8) is 0 Å². The fourth-order valence-corrected chi connectivity index (χ4v) is 4.87. The summed E-state index contributed by atoms with van der Waals surface area (Å²) in [6.45, 7) is 7.40. The van der Waals surface area contributed by atoms with Crippen molar-refractivity contribution in [1.82, 2.24) is 9.71 Å². The van der Waals surface area contributed by atoms with Gasteiger partial charge in [0, 0.05) is 5.54 Å². The second kappa shape index (κ2) is 5.22. The highest BCUT2D eigenvalue weighted by atomic mass is 35.5. The SMILES string of the molecule is CCCC(C)(C)NS(=O)(=O)c1sc(Cl)nc1C. The molecule has 0 saturated heterocycles. The maximum Gasteiger partial charge on any atom is 0.252 e. The molecule has 1 aromatic heterocycles. The molecule has 0 bridgehead atoms. The van der Waals surface area contributed by atoms with Gasteiger partial charge in [-0.25, -0.2) is 18.1 Å². The Morgan fingerprint density at radius 3 is 2.47 bits per heavy atom. The first-order valence-corrected chi connectivity index (χ1v) is 8.02. The van der Waals surface area contributed by atoms with Crippen LogP contribution >= 0.6 is 22.9 Å². The summed E-state index contributed by atoms with van der Waals surface area (Å²) in [5.74, 6) is 0. The average molecular weight is 297 g/mol. The number of aryl methyl sites for hydroxylation is 1. The quantitative estimate of drug-likeness (QED) is 0.909. The van der Waals surface area contributed by atoms with E-state index in [1.165, 1.54) is 0 Å². The van der Waals surface area contributed by atoms with Crippen LogP contribution in [0.15, 0.2) is 4.21 Å². The molecule has 17 heavy (non-hydrogen) atoms. The minimum atomic E-state index is -3.53. The van der Waals surface area contributed by atoms with Gasteiger partial charge in [-0.1, -0.05) is 36.3 Å². The minimum Gasteiger partial charge on any atom is -0.229 e. The molecule has 1 N–H and O–H groups in total. The smallest absolute Gasteiger partial charge is 0.229 e. The van der Waals surface area contributed by atoms with Crippen LogP contribution in [-0.2, 0) is 10.0 Å². The third-order valence-corrected chi connectivity index (χ3v) is 5.83. The fraction of sp³-hybridized carbons (Fsp3) is 0.700. The molecule has 1 rings (SSSR count). The lowest BCUT2D eigenvalue weighted by atomic mass is 10.0. The van der Waals surface area contributed by atoms with Crippen LogP contribution in [-0.4, -0.2) is 18.9 Å². The zero-order valence-electron chi connectivity index (χ0n) is 10.4. The van der Waals surface area contributed by atoms with Crippen molar-refractivity contribution >= 4 is 33.0 Å². The molecule has 0 fully saturated rings. The molecular formula is C10H17ClN2O2S2. The lowest BCUT2D eigenvalue weighted by molar-refractivity contribution is 0.418. The van der Waals surface area contributed by atoms with E-state index in [-0.39, 0.29) is 8.68 Å². The van der Waals surface area contributed by atoms with Gasteiger partial charge in [-0.05, 0) is 27.2 Å². The monoisotopic (exact) mass is 296 g/mol. The van der Waals surface area contributed by atoms with E-state index in [2.05, 4.69) is 9.71 Å². The highest BCUT2D eigenvalue weighted by Gasteiger charge is 2.28. The molecule has 4 nitrogen and oxygen atoms in total. The highest BCUT2D eigenvalue weighted by Crippen LogP contribution is 2.28. The molecule has 0 radical (unpaired) electrons. The number of thiazole rings is 1. The van der Waals surface area contributed by atoms with Crippen LogP contribution in [0, 0.1) is 6.92 Å². The van der Waals surface area contributed by atoms with Gasteiger partial charge < -0.3 is 0 Å². The van der Waals surface area contributed by atoms with Crippen molar-refractivity contribution < 1.29 is 8.42 Å². The summed E-state index contributed by atoms with van der Waals surface area (Å²) in [7, 11) is -3.53. The van der Waals surface area contributed by atoms with E-state index >= 15 is 0 Å². The largest absolute Gasteiger partial charge is 0.252 e. The Kier molecular flexibility index (Phi) is 4.57. The molecule has 98 valence electrons. The Morgan fingerprint density at radius 2 is 2.06 bits per heavy atom. The molecule has 0 unspecified atom stereocenters. The van der Waals surface area contributed by atoms with E-state index < -0.39 is 15.6 Å². The van der Waals surface area contributed by atoms with Crippen LogP contribution < -0.4 is 4.72 Å². The summed E-state index contributed by atoms with van der Waals surface area (Å²) in [4.78, 5) is 3.92. The maximum atomic E-state index is 12.2. The third-order valence-electron chi connectivity index (χ3n) is 2.26. The molecule has 0 aliphatic carbocycles. The third kappa shape index (κ3) is 3.91. The van der Waals surface area contributed by atoms with Crippen molar-refractivity contribution in [3.8, 4) is 0 Å². The number of nitrogens with one attached hydrogen (secondary N) is 1. The normalized spacial score (nSPS) is 13.0. The average Bonchev–Trinajstić information content (AvgIpc) is 2.43.